The molecule has 2 amide bonds. The second kappa shape index (κ2) is 4.10. The molecule has 0 spiro atoms. The highest BCUT2D eigenvalue weighted by Gasteiger charge is 2.24. The highest BCUT2D eigenvalue weighted by Crippen LogP contribution is 2.19. The average Bonchev–Trinajstić information content (AvgIpc) is 2.61. The molecule has 80 valence electrons. The Hall–Kier alpha value is -2.23. The molecule has 0 aliphatic carbocycles. The van der Waals surface area contributed by atoms with Gasteiger partial charge in [-0.1, -0.05) is 12.1 Å². The Balaban J connectivity index is 2.25. The van der Waals surface area contributed by atoms with Gasteiger partial charge in [-0.25, -0.2) is 4.90 Å². The molecule has 1 aliphatic heterocycles. The van der Waals surface area contributed by atoms with Crippen LogP contribution in [-0.4, -0.2) is 18.1 Å². The molecule has 0 unspecified atom stereocenters. The summed E-state index contributed by atoms with van der Waals surface area (Å²) in [6.45, 7) is 0. The molecule has 0 atom stereocenters. The highest BCUT2D eigenvalue weighted by molar-refractivity contribution is 6.28. The van der Waals surface area contributed by atoms with Gasteiger partial charge in [-0.2, -0.15) is 0 Å². The number of amides is 2. The van der Waals surface area contributed by atoms with E-state index in [-0.39, 0.29) is 11.8 Å². The van der Waals surface area contributed by atoms with Crippen LogP contribution in [0.3, 0.4) is 0 Å². The molecule has 0 saturated carbocycles. The van der Waals surface area contributed by atoms with Crippen molar-refractivity contribution in [2.24, 2.45) is 0 Å². The van der Waals surface area contributed by atoms with E-state index in [2.05, 4.69) is 0 Å². The smallest absolute Gasteiger partial charge is 0.258 e. The van der Waals surface area contributed by atoms with E-state index in [0.717, 1.165) is 16.7 Å². The first-order chi connectivity index (χ1) is 7.72. The van der Waals surface area contributed by atoms with Crippen LogP contribution in [0.1, 0.15) is 5.56 Å². The van der Waals surface area contributed by atoms with Crippen LogP contribution in [0.2, 0.25) is 0 Å². The van der Waals surface area contributed by atoms with Gasteiger partial charge >= 0.3 is 0 Å². The molecule has 0 fully saturated rings. The van der Waals surface area contributed by atoms with Crippen molar-refractivity contribution in [1.29, 1.82) is 0 Å². The Kier molecular flexibility index (Phi) is 2.64. The second-order valence-electron chi connectivity index (χ2n) is 3.38. The van der Waals surface area contributed by atoms with Gasteiger partial charge < -0.3 is 4.79 Å². The molecular formula is C12H9NO3. The summed E-state index contributed by atoms with van der Waals surface area (Å²) in [6, 6.07) is 6.76. The van der Waals surface area contributed by atoms with Gasteiger partial charge in [-0.3, -0.25) is 9.59 Å². The number of hydrogen-bond donors (Lipinski definition) is 0. The minimum Gasteiger partial charge on any atom is -0.303 e. The van der Waals surface area contributed by atoms with Gasteiger partial charge in [-0.15, -0.1) is 0 Å². The lowest BCUT2D eigenvalue weighted by molar-refractivity contribution is -0.120. The Bertz CT molecular complexity index is 456. The lowest BCUT2D eigenvalue weighted by Crippen LogP contribution is -2.29. The summed E-state index contributed by atoms with van der Waals surface area (Å²) >= 11 is 0. The first kappa shape index (κ1) is 10.3. The van der Waals surface area contributed by atoms with E-state index in [1.807, 2.05) is 0 Å². The number of nitrogens with zero attached hydrogens (tertiary/aromatic N) is 1. The molecule has 2 rings (SSSR count). The molecule has 16 heavy (non-hydrogen) atoms. The van der Waals surface area contributed by atoms with Gasteiger partial charge in [0.1, 0.15) is 6.29 Å². The van der Waals surface area contributed by atoms with Gasteiger partial charge in [0.25, 0.3) is 11.8 Å². The zero-order chi connectivity index (χ0) is 11.5. The fourth-order valence-electron chi connectivity index (χ4n) is 1.53. The van der Waals surface area contributed by atoms with Gasteiger partial charge in [0.2, 0.25) is 0 Å². The van der Waals surface area contributed by atoms with Gasteiger partial charge in [0.15, 0.2) is 0 Å². The summed E-state index contributed by atoms with van der Waals surface area (Å²) in [5, 5.41) is 0. The molecule has 0 aromatic heterocycles. The summed E-state index contributed by atoms with van der Waals surface area (Å²) in [6.07, 6.45) is 3.62. The summed E-state index contributed by atoms with van der Waals surface area (Å²) in [4.78, 5) is 34.1. The SMILES string of the molecule is O=CCc1ccc(N2C(=O)C=CC2=O)cc1. The van der Waals surface area contributed by atoms with Gasteiger partial charge in [0.05, 0.1) is 5.69 Å². The lowest BCUT2D eigenvalue weighted by atomic mass is 10.1. The van der Waals surface area contributed by atoms with Crippen molar-refractivity contribution in [3.63, 3.8) is 0 Å². The number of aldehydes is 1. The Morgan fingerprint density at radius 1 is 1.00 bits per heavy atom. The second-order valence-corrected chi connectivity index (χ2v) is 3.38. The molecule has 1 heterocycles. The van der Waals surface area contributed by atoms with E-state index in [1.54, 1.807) is 24.3 Å². The van der Waals surface area contributed by atoms with E-state index in [4.69, 9.17) is 0 Å². The zero-order valence-corrected chi connectivity index (χ0v) is 8.42. The molecule has 0 bridgehead atoms. The van der Waals surface area contributed by atoms with Crippen LogP contribution in [-0.2, 0) is 20.8 Å². The maximum Gasteiger partial charge on any atom is 0.258 e. The van der Waals surface area contributed by atoms with Crippen molar-refractivity contribution >= 4 is 23.8 Å². The maximum absolute atomic E-state index is 11.4. The van der Waals surface area contributed by atoms with Crippen LogP contribution in [0.15, 0.2) is 36.4 Å². The predicted octanol–water partition coefficient (Wildman–Crippen LogP) is 0.857. The molecule has 0 N–H and O–H groups in total. The van der Waals surface area contributed by atoms with E-state index >= 15 is 0 Å². The number of hydrogen-bond acceptors (Lipinski definition) is 3. The molecular weight excluding hydrogens is 206 g/mol. The van der Waals surface area contributed by atoms with Crippen LogP contribution in [0, 0.1) is 0 Å². The third kappa shape index (κ3) is 1.77. The quantitative estimate of drug-likeness (QED) is 0.555. The lowest BCUT2D eigenvalue weighted by Gasteiger charge is -2.13. The molecule has 4 nitrogen and oxygen atoms in total. The molecule has 0 radical (unpaired) electrons. The monoisotopic (exact) mass is 215 g/mol. The van der Waals surface area contributed by atoms with Crippen molar-refractivity contribution in [1.82, 2.24) is 0 Å². The van der Waals surface area contributed by atoms with Crippen molar-refractivity contribution < 1.29 is 14.4 Å². The van der Waals surface area contributed by atoms with Crippen molar-refractivity contribution in [2.75, 3.05) is 4.90 Å². The van der Waals surface area contributed by atoms with Crippen molar-refractivity contribution in [2.45, 2.75) is 6.42 Å². The number of carbonyl (C=O) groups excluding carboxylic acids is 3. The maximum atomic E-state index is 11.4. The summed E-state index contributed by atoms with van der Waals surface area (Å²) in [7, 11) is 0. The molecule has 4 heteroatoms. The summed E-state index contributed by atoms with van der Waals surface area (Å²) in [5.74, 6) is -0.679. The number of carbonyl (C=O) groups is 3. The number of imide groups is 1. The van der Waals surface area contributed by atoms with E-state index in [0.29, 0.717) is 12.1 Å². The first-order valence-electron chi connectivity index (χ1n) is 4.81. The van der Waals surface area contributed by atoms with Crippen LogP contribution in [0.4, 0.5) is 5.69 Å². The standard InChI is InChI=1S/C12H9NO3/c14-8-7-9-1-3-10(4-2-9)13-11(15)5-6-12(13)16/h1-6,8H,7H2. The van der Waals surface area contributed by atoms with Gasteiger partial charge in [0, 0.05) is 18.6 Å². The van der Waals surface area contributed by atoms with Crippen LogP contribution in [0.5, 0.6) is 0 Å². The van der Waals surface area contributed by atoms with E-state index < -0.39 is 0 Å². The summed E-state index contributed by atoms with van der Waals surface area (Å²) in [5.41, 5.74) is 1.38. The van der Waals surface area contributed by atoms with E-state index in [1.165, 1.54) is 12.2 Å². The number of benzene rings is 1. The summed E-state index contributed by atoms with van der Waals surface area (Å²) < 4.78 is 0. The highest BCUT2D eigenvalue weighted by atomic mass is 16.2. The normalized spacial score (nSPS) is 14.6. The predicted molar refractivity (Wildman–Crippen MR) is 57.8 cm³/mol. The van der Waals surface area contributed by atoms with Crippen molar-refractivity contribution in [3.8, 4) is 0 Å². The number of anilines is 1. The molecule has 0 saturated heterocycles. The largest absolute Gasteiger partial charge is 0.303 e. The van der Waals surface area contributed by atoms with Crippen molar-refractivity contribution in [3.05, 3.63) is 42.0 Å². The average molecular weight is 215 g/mol. The molecule has 1 aromatic carbocycles. The minimum absolute atomic E-state index is 0.334. The van der Waals surface area contributed by atoms with Crippen LogP contribution < -0.4 is 4.90 Å². The fourth-order valence-corrected chi connectivity index (χ4v) is 1.53. The number of rotatable bonds is 3. The van der Waals surface area contributed by atoms with E-state index in [9.17, 15) is 14.4 Å². The zero-order valence-electron chi connectivity index (χ0n) is 8.42. The Labute approximate surface area is 92.2 Å². The third-order valence-corrected chi connectivity index (χ3v) is 2.32. The Morgan fingerprint density at radius 3 is 2.06 bits per heavy atom. The first-order valence-corrected chi connectivity index (χ1v) is 4.81. The van der Waals surface area contributed by atoms with Crippen LogP contribution in [0.25, 0.3) is 0 Å². The fraction of sp³-hybridized carbons (Fsp3) is 0.0833. The minimum atomic E-state index is -0.340. The Morgan fingerprint density at radius 2 is 1.56 bits per heavy atom. The molecule has 1 aliphatic rings. The van der Waals surface area contributed by atoms with Gasteiger partial charge in [-0.05, 0) is 17.7 Å². The third-order valence-electron chi connectivity index (χ3n) is 2.32. The molecule has 1 aromatic rings. The van der Waals surface area contributed by atoms with Crippen LogP contribution >= 0.6 is 0 Å². The topological polar surface area (TPSA) is 54.5 Å².